The number of carbonyl (C=O) groups is 2. The first-order valence-electron chi connectivity index (χ1n) is 8.61. The Kier molecular flexibility index (Phi) is 19.5. The van der Waals surface area contributed by atoms with E-state index >= 15 is 0 Å². The predicted octanol–water partition coefficient (Wildman–Crippen LogP) is 2.60. The molecule has 1 atom stereocenters. The van der Waals surface area contributed by atoms with Crippen LogP contribution in [0.2, 0.25) is 0 Å². The fourth-order valence-corrected chi connectivity index (χ4v) is 2.97. The molecule has 0 heterocycles. The summed E-state index contributed by atoms with van der Waals surface area (Å²) in [6.45, 7) is 2.19. The lowest BCUT2D eigenvalue weighted by molar-refractivity contribution is -0.305. The number of aliphatic carboxylic acids is 1. The minimum Gasteiger partial charge on any atom is -0.550 e. The van der Waals surface area contributed by atoms with Gasteiger partial charge in [-0.25, -0.2) is 0 Å². The Hall–Kier alpha value is -1.23. The maximum Gasteiger partial charge on any atom is 0.327 e. The van der Waals surface area contributed by atoms with Crippen molar-refractivity contribution >= 4 is 22.1 Å². The van der Waals surface area contributed by atoms with E-state index < -0.39 is 33.7 Å². The molecule has 0 aromatic rings. The van der Waals surface area contributed by atoms with Crippen LogP contribution >= 0.6 is 0 Å². The van der Waals surface area contributed by atoms with Gasteiger partial charge in [0.2, 0.25) is 0 Å². The molecule has 26 heavy (non-hydrogen) atoms. The van der Waals surface area contributed by atoms with Gasteiger partial charge in [0, 0.05) is 12.4 Å². The number of quaternary nitrogens is 2. The van der Waals surface area contributed by atoms with Crippen LogP contribution in [0.25, 0.3) is 0 Å². The van der Waals surface area contributed by atoms with Crippen molar-refractivity contribution in [2.24, 2.45) is 0 Å². The molecule has 0 saturated heterocycles. The van der Waals surface area contributed by atoms with Crippen LogP contribution in [0.3, 0.4) is 0 Å². The molecule has 0 fully saturated rings. The highest BCUT2D eigenvalue weighted by Crippen LogP contribution is 2.11. The molecule has 0 aliphatic carbocycles. The molecule has 0 aliphatic heterocycles. The lowest BCUT2D eigenvalue weighted by Gasteiger charge is -2.13. The van der Waals surface area contributed by atoms with E-state index in [1.807, 2.05) is 0 Å². The van der Waals surface area contributed by atoms with Crippen LogP contribution in [0.15, 0.2) is 0 Å². The van der Waals surface area contributed by atoms with Gasteiger partial charge >= 0.3 is 5.97 Å². The summed E-state index contributed by atoms with van der Waals surface area (Å²) in [6, 6.07) is 0. The fourth-order valence-electron chi connectivity index (χ4n) is 2.32. The average molecular weight is 402 g/mol. The van der Waals surface area contributed by atoms with Gasteiger partial charge < -0.3 is 26.9 Å². The van der Waals surface area contributed by atoms with Crippen molar-refractivity contribution < 1.29 is 32.4 Å². The number of hydrogen-bond acceptors (Lipinski definition) is 6. The summed E-state index contributed by atoms with van der Waals surface area (Å²) >= 11 is 0. The molecule has 1 unspecified atom stereocenters. The first-order valence-corrected chi connectivity index (χ1v) is 10.1. The van der Waals surface area contributed by atoms with Crippen LogP contribution in [0.4, 0.5) is 0 Å². The van der Waals surface area contributed by atoms with Crippen molar-refractivity contribution in [2.45, 2.75) is 82.8 Å². The van der Waals surface area contributed by atoms with E-state index in [0.717, 1.165) is 19.3 Å². The number of carboxylic acid groups (broad SMARTS) is 1. The molecule has 0 spiro atoms. The third kappa shape index (κ3) is 16.2. The van der Waals surface area contributed by atoms with E-state index in [9.17, 15) is 23.1 Å². The van der Waals surface area contributed by atoms with E-state index in [4.69, 9.17) is 9.29 Å². The number of carboxylic acids is 1. The van der Waals surface area contributed by atoms with Gasteiger partial charge in [0.05, 0.1) is 6.61 Å². The summed E-state index contributed by atoms with van der Waals surface area (Å²) in [5.74, 6) is -2.99. The molecule has 0 radical (unpaired) electrons. The summed E-state index contributed by atoms with van der Waals surface area (Å²) in [4.78, 5) is 22.0. The lowest BCUT2D eigenvalue weighted by atomic mass is 10.1. The Balaban J connectivity index is -0.00000264. The van der Waals surface area contributed by atoms with Crippen LogP contribution in [-0.2, 0) is 24.4 Å². The summed E-state index contributed by atoms with van der Waals surface area (Å²) in [6.07, 6.45) is 9.90. The summed E-state index contributed by atoms with van der Waals surface area (Å²) in [5, 5.41) is 8.31. The molecular formula is C16H37N2O7S+. The van der Waals surface area contributed by atoms with E-state index in [1.165, 1.54) is 38.5 Å². The highest BCUT2D eigenvalue weighted by Gasteiger charge is 2.32. The van der Waals surface area contributed by atoms with Gasteiger partial charge in [-0.05, 0) is 6.42 Å². The molecule has 9 nitrogen and oxygen atoms in total. The molecular weight excluding hydrogens is 364 g/mol. The van der Waals surface area contributed by atoms with Crippen molar-refractivity contribution in [1.29, 1.82) is 0 Å². The standard InChI is InChI=1S/C16H30O7S.2H3N/c1-2-3-4-5-6-7-8-9-10-11-12-23-16(19)14(13-15(17)18)24(20,21)22;;/h14H,2-13H2,1H3,(H,17,18)(H,20,21,22);2*1H3/p+1. The smallest absolute Gasteiger partial charge is 0.327 e. The van der Waals surface area contributed by atoms with Crippen LogP contribution in [0.1, 0.15) is 77.6 Å². The molecule has 158 valence electrons. The average Bonchev–Trinajstić information content (AvgIpc) is 2.48. The maximum absolute atomic E-state index is 11.5. The SMILES string of the molecule is CCCCCCCCCCCCOC(=O)C(CC(=O)[O-])S(=O)(=O)O.[NH4+].[NH4+]. The zero-order valence-electron chi connectivity index (χ0n) is 16.4. The van der Waals surface area contributed by atoms with Crippen molar-refractivity contribution in [1.82, 2.24) is 12.3 Å². The van der Waals surface area contributed by atoms with E-state index in [2.05, 4.69) is 6.92 Å². The van der Waals surface area contributed by atoms with Gasteiger partial charge in [-0.3, -0.25) is 9.35 Å². The first-order chi connectivity index (χ1) is 11.3. The second kappa shape index (κ2) is 17.2. The summed E-state index contributed by atoms with van der Waals surface area (Å²) in [7, 11) is -4.82. The Morgan fingerprint density at radius 2 is 1.35 bits per heavy atom. The highest BCUT2D eigenvalue weighted by molar-refractivity contribution is 7.87. The topological polar surface area (TPSA) is 194 Å². The first kappa shape index (κ1) is 29.5. The number of unbranched alkanes of at least 4 members (excludes halogenated alkanes) is 9. The summed E-state index contributed by atoms with van der Waals surface area (Å²) in [5.41, 5.74) is 0. The van der Waals surface area contributed by atoms with Gasteiger partial charge in [-0.1, -0.05) is 64.7 Å². The number of esters is 1. The van der Waals surface area contributed by atoms with E-state index in [1.54, 1.807) is 0 Å². The van der Waals surface area contributed by atoms with Crippen LogP contribution in [-0.4, -0.2) is 36.8 Å². The van der Waals surface area contributed by atoms with E-state index in [-0.39, 0.29) is 18.9 Å². The molecule has 0 rings (SSSR count). The second-order valence-electron chi connectivity index (χ2n) is 5.93. The molecule has 0 aromatic heterocycles. The molecule has 10 heteroatoms. The molecule has 0 bridgehead atoms. The fraction of sp³-hybridized carbons (Fsp3) is 0.875. The number of rotatable bonds is 15. The minimum atomic E-state index is -4.82. The van der Waals surface area contributed by atoms with Crippen molar-refractivity contribution in [3.8, 4) is 0 Å². The van der Waals surface area contributed by atoms with Gasteiger partial charge in [-0.2, -0.15) is 8.42 Å². The number of hydrogen-bond donors (Lipinski definition) is 3. The molecule has 0 aliphatic rings. The normalized spacial score (nSPS) is 11.8. The zero-order valence-corrected chi connectivity index (χ0v) is 17.2. The van der Waals surface area contributed by atoms with Crippen molar-refractivity contribution in [3.05, 3.63) is 0 Å². The van der Waals surface area contributed by atoms with Gasteiger partial charge in [0.1, 0.15) is 0 Å². The molecule has 0 saturated carbocycles. The third-order valence-electron chi connectivity index (χ3n) is 3.72. The lowest BCUT2D eigenvalue weighted by Crippen LogP contribution is -2.38. The maximum atomic E-state index is 11.5. The minimum absolute atomic E-state index is 0. The van der Waals surface area contributed by atoms with Gasteiger partial charge in [0.25, 0.3) is 10.1 Å². The van der Waals surface area contributed by atoms with Crippen LogP contribution in [0, 0.1) is 0 Å². The molecule has 9 N–H and O–H groups in total. The monoisotopic (exact) mass is 401 g/mol. The van der Waals surface area contributed by atoms with Gasteiger partial charge in [0.15, 0.2) is 5.25 Å². The van der Waals surface area contributed by atoms with E-state index in [0.29, 0.717) is 6.42 Å². The second-order valence-corrected chi connectivity index (χ2v) is 7.53. The Bertz CT molecular complexity index is 469. The van der Waals surface area contributed by atoms with Crippen LogP contribution < -0.4 is 17.4 Å². The quantitative estimate of drug-likeness (QED) is 0.213. The largest absolute Gasteiger partial charge is 0.550 e. The van der Waals surface area contributed by atoms with Crippen molar-refractivity contribution in [2.75, 3.05) is 6.61 Å². The van der Waals surface area contributed by atoms with Crippen LogP contribution in [0.5, 0.6) is 0 Å². The Labute approximate surface area is 156 Å². The molecule has 0 aromatic carbocycles. The third-order valence-corrected chi connectivity index (χ3v) is 4.79. The summed E-state index contributed by atoms with van der Waals surface area (Å²) < 4.78 is 35.5. The number of carbonyl (C=O) groups excluding carboxylic acids is 2. The molecule has 0 amide bonds. The van der Waals surface area contributed by atoms with Crippen molar-refractivity contribution in [3.63, 3.8) is 0 Å². The zero-order chi connectivity index (χ0) is 18.4. The number of ether oxygens (including phenoxy) is 1. The Morgan fingerprint density at radius 3 is 1.73 bits per heavy atom. The predicted molar refractivity (Wildman–Crippen MR) is 99.7 cm³/mol. The highest BCUT2D eigenvalue weighted by atomic mass is 32.2. The van der Waals surface area contributed by atoms with Gasteiger partial charge in [-0.15, -0.1) is 0 Å². The Morgan fingerprint density at radius 1 is 0.923 bits per heavy atom.